The lowest BCUT2D eigenvalue weighted by Crippen LogP contribution is -2.43. The number of hydrogen-bond donors (Lipinski definition) is 1. The van der Waals surface area contributed by atoms with Crippen LogP contribution in [0.3, 0.4) is 0 Å². The third kappa shape index (κ3) is 9.95. The van der Waals surface area contributed by atoms with Gasteiger partial charge in [0, 0.05) is 26.2 Å². The molecule has 0 unspecified atom stereocenters. The molecule has 0 saturated carbocycles. The predicted octanol–water partition coefficient (Wildman–Crippen LogP) is 2.66. The van der Waals surface area contributed by atoms with Crippen LogP contribution in [-0.4, -0.2) is 37.6 Å². The van der Waals surface area contributed by atoms with Crippen molar-refractivity contribution in [3.05, 3.63) is 12.2 Å². The van der Waals surface area contributed by atoms with Gasteiger partial charge < -0.3 is 10.2 Å². The van der Waals surface area contributed by atoms with Crippen LogP contribution >= 0.6 is 0 Å². The Bertz CT molecular complexity index is 133. The zero-order valence-corrected chi connectivity index (χ0v) is 10.8. The number of nitrogens with zero attached hydrogens (tertiary/aromatic N) is 1. The van der Waals surface area contributed by atoms with Crippen LogP contribution in [0.4, 0.5) is 0 Å². The molecular formula is C13H28N2. The average molecular weight is 212 g/mol. The van der Waals surface area contributed by atoms with E-state index in [-0.39, 0.29) is 0 Å². The molecule has 1 fully saturated rings. The van der Waals surface area contributed by atoms with Crippen molar-refractivity contribution >= 4 is 0 Å². The minimum atomic E-state index is 1.19. The summed E-state index contributed by atoms with van der Waals surface area (Å²) in [6, 6.07) is 0. The van der Waals surface area contributed by atoms with Gasteiger partial charge in [0.2, 0.25) is 0 Å². The lowest BCUT2D eigenvalue weighted by Gasteiger charge is -2.26. The minimum Gasteiger partial charge on any atom is -0.314 e. The van der Waals surface area contributed by atoms with Gasteiger partial charge in [0.15, 0.2) is 0 Å². The second kappa shape index (κ2) is 11.7. The summed E-state index contributed by atoms with van der Waals surface area (Å²) in [5.74, 6) is 0. The van der Waals surface area contributed by atoms with Crippen molar-refractivity contribution in [3.63, 3.8) is 0 Å². The van der Waals surface area contributed by atoms with E-state index >= 15 is 0 Å². The van der Waals surface area contributed by atoms with Gasteiger partial charge in [-0.1, -0.05) is 31.9 Å². The van der Waals surface area contributed by atoms with Crippen molar-refractivity contribution in [2.75, 3.05) is 32.7 Å². The van der Waals surface area contributed by atoms with E-state index in [2.05, 4.69) is 17.1 Å². The van der Waals surface area contributed by atoms with Crippen molar-refractivity contribution < 1.29 is 0 Å². The third-order valence-electron chi connectivity index (χ3n) is 2.62. The molecule has 1 aliphatic heterocycles. The highest BCUT2D eigenvalue weighted by atomic mass is 15.2. The van der Waals surface area contributed by atoms with E-state index in [1.807, 2.05) is 26.0 Å². The van der Waals surface area contributed by atoms with Gasteiger partial charge in [0.25, 0.3) is 0 Å². The topological polar surface area (TPSA) is 15.3 Å². The van der Waals surface area contributed by atoms with E-state index in [1.165, 1.54) is 52.0 Å². The van der Waals surface area contributed by atoms with E-state index in [0.29, 0.717) is 0 Å². The number of allylic oxidation sites excluding steroid dienone is 2. The van der Waals surface area contributed by atoms with Gasteiger partial charge >= 0.3 is 0 Å². The van der Waals surface area contributed by atoms with E-state index in [9.17, 15) is 0 Å². The maximum Gasteiger partial charge on any atom is 0.0107 e. The van der Waals surface area contributed by atoms with Gasteiger partial charge in [-0.25, -0.2) is 0 Å². The van der Waals surface area contributed by atoms with Gasteiger partial charge in [-0.3, -0.25) is 0 Å². The Morgan fingerprint density at radius 1 is 1.07 bits per heavy atom. The lowest BCUT2D eigenvalue weighted by molar-refractivity contribution is 0.236. The molecule has 0 aromatic carbocycles. The van der Waals surface area contributed by atoms with Gasteiger partial charge in [0.05, 0.1) is 0 Å². The summed E-state index contributed by atoms with van der Waals surface area (Å²) in [4.78, 5) is 2.56. The van der Waals surface area contributed by atoms with Crippen molar-refractivity contribution in [2.45, 2.75) is 40.0 Å². The first-order chi connectivity index (χ1) is 7.35. The molecule has 0 bridgehead atoms. The molecule has 1 aliphatic rings. The highest BCUT2D eigenvalue weighted by molar-refractivity contribution is 4.68. The molecule has 1 saturated heterocycles. The highest BCUT2D eigenvalue weighted by Gasteiger charge is 2.07. The quantitative estimate of drug-likeness (QED) is 0.569. The van der Waals surface area contributed by atoms with Crippen LogP contribution in [0, 0.1) is 0 Å². The number of piperazine rings is 1. The predicted molar refractivity (Wildman–Crippen MR) is 69.3 cm³/mol. The molecule has 1 N–H and O–H groups in total. The van der Waals surface area contributed by atoms with Crippen LogP contribution in [0.2, 0.25) is 0 Å². The van der Waals surface area contributed by atoms with Crippen molar-refractivity contribution in [2.24, 2.45) is 0 Å². The second-order valence-corrected chi connectivity index (χ2v) is 3.97. The van der Waals surface area contributed by atoms with Crippen LogP contribution in [-0.2, 0) is 0 Å². The summed E-state index contributed by atoms with van der Waals surface area (Å²) >= 11 is 0. The van der Waals surface area contributed by atoms with Crippen molar-refractivity contribution in [3.8, 4) is 0 Å². The average Bonchev–Trinajstić information content (AvgIpc) is 2.31. The van der Waals surface area contributed by atoms with E-state index < -0.39 is 0 Å². The molecule has 0 aromatic rings. The molecule has 0 aliphatic carbocycles. The summed E-state index contributed by atoms with van der Waals surface area (Å²) in [6.45, 7) is 12.5. The zero-order chi connectivity index (χ0) is 11.4. The Morgan fingerprint density at radius 2 is 1.67 bits per heavy atom. The van der Waals surface area contributed by atoms with Crippen LogP contribution in [0.25, 0.3) is 0 Å². The Balaban J connectivity index is 0.000000423. The molecule has 0 radical (unpaired) electrons. The van der Waals surface area contributed by atoms with Crippen LogP contribution in [0.15, 0.2) is 12.2 Å². The summed E-state index contributed by atoms with van der Waals surface area (Å²) in [6.07, 6.45) is 8.12. The maximum atomic E-state index is 3.36. The Hall–Kier alpha value is -0.340. The molecule has 1 heterocycles. The SMILES string of the molecule is CC=CC.CCCCCN1CCNCC1. The molecule has 0 spiro atoms. The number of hydrogen-bond acceptors (Lipinski definition) is 2. The van der Waals surface area contributed by atoms with Gasteiger partial charge in [-0.05, 0) is 26.8 Å². The van der Waals surface area contributed by atoms with Gasteiger partial charge in [-0.2, -0.15) is 0 Å². The number of unbranched alkanes of at least 4 members (excludes halogenated alkanes) is 2. The summed E-state index contributed by atoms with van der Waals surface area (Å²) in [5.41, 5.74) is 0. The first kappa shape index (κ1) is 14.7. The van der Waals surface area contributed by atoms with Gasteiger partial charge in [-0.15, -0.1) is 0 Å². The molecule has 90 valence electrons. The zero-order valence-electron chi connectivity index (χ0n) is 10.8. The Labute approximate surface area is 95.7 Å². The molecule has 2 nitrogen and oxygen atoms in total. The molecular weight excluding hydrogens is 184 g/mol. The standard InChI is InChI=1S/C9H20N2.C4H8/c1-2-3-4-7-11-8-5-10-6-9-11;1-3-4-2/h10H,2-9H2,1H3;3-4H,1-2H3. The summed E-state index contributed by atoms with van der Waals surface area (Å²) < 4.78 is 0. The van der Waals surface area contributed by atoms with E-state index in [4.69, 9.17) is 0 Å². The fraction of sp³-hybridized carbons (Fsp3) is 0.846. The minimum absolute atomic E-state index is 1.19. The van der Waals surface area contributed by atoms with E-state index in [1.54, 1.807) is 0 Å². The third-order valence-corrected chi connectivity index (χ3v) is 2.62. The Morgan fingerprint density at radius 3 is 2.13 bits per heavy atom. The normalized spacial score (nSPS) is 17.5. The first-order valence-electron chi connectivity index (χ1n) is 6.35. The van der Waals surface area contributed by atoms with Crippen LogP contribution in [0.5, 0.6) is 0 Å². The molecule has 0 atom stereocenters. The Kier molecular flexibility index (Phi) is 11.5. The molecule has 0 amide bonds. The molecule has 1 rings (SSSR count). The first-order valence-corrected chi connectivity index (χ1v) is 6.35. The fourth-order valence-corrected chi connectivity index (χ4v) is 1.52. The smallest absolute Gasteiger partial charge is 0.0107 e. The number of nitrogens with one attached hydrogen (secondary N) is 1. The number of rotatable bonds is 4. The van der Waals surface area contributed by atoms with Crippen LogP contribution < -0.4 is 5.32 Å². The second-order valence-electron chi connectivity index (χ2n) is 3.97. The van der Waals surface area contributed by atoms with Crippen molar-refractivity contribution in [1.29, 1.82) is 0 Å². The molecule has 0 aromatic heterocycles. The molecule has 15 heavy (non-hydrogen) atoms. The summed E-state index contributed by atoms with van der Waals surface area (Å²) in [7, 11) is 0. The van der Waals surface area contributed by atoms with Gasteiger partial charge in [0.1, 0.15) is 0 Å². The molecule has 2 heteroatoms. The monoisotopic (exact) mass is 212 g/mol. The summed E-state index contributed by atoms with van der Waals surface area (Å²) in [5, 5.41) is 3.36. The maximum absolute atomic E-state index is 3.36. The van der Waals surface area contributed by atoms with Crippen molar-refractivity contribution in [1.82, 2.24) is 10.2 Å². The largest absolute Gasteiger partial charge is 0.314 e. The highest BCUT2D eigenvalue weighted by Crippen LogP contribution is 1.98. The fourth-order valence-electron chi connectivity index (χ4n) is 1.52. The van der Waals surface area contributed by atoms with E-state index in [0.717, 1.165) is 0 Å². The van der Waals surface area contributed by atoms with Crippen LogP contribution in [0.1, 0.15) is 40.0 Å². The lowest BCUT2D eigenvalue weighted by atomic mass is 10.2.